The van der Waals surface area contributed by atoms with E-state index in [2.05, 4.69) is 5.32 Å². The molecule has 0 aliphatic carbocycles. The van der Waals surface area contributed by atoms with Crippen LogP contribution in [0.5, 0.6) is 11.5 Å². The second kappa shape index (κ2) is 8.76. The molecule has 0 saturated heterocycles. The van der Waals surface area contributed by atoms with E-state index in [1.807, 2.05) is 26.0 Å². The molecule has 9 heteroatoms. The molecular weight excluding hydrogens is 418 g/mol. The van der Waals surface area contributed by atoms with Crippen LogP contribution in [0.3, 0.4) is 0 Å². The quantitative estimate of drug-likeness (QED) is 0.705. The maximum Gasteiger partial charge on any atom is 0.304 e. The number of fused-ring (bicyclic) bond motifs is 1. The van der Waals surface area contributed by atoms with Gasteiger partial charge >= 0.3 is 10.2 Å². The van der Waals surface area contributed by atoms with E-state index >= 15 is 0 Å². The lowest BCUT2D eigenvalue weighted by atomic mass is 9.89. The number of methoxy groups -OCH3 is 1. The molecule has 1 aliphatic heterocycles. The Bertz CT molecular complexity index is 1040. The van der Waals surface area contributed by atoms with Gasteiger partial charge in [0, 0.05) is 32.1 Å². The topological polar surface area (TPSA) is 88.2 Å². The fourth-order valence-electron chi connectivity index (χ4n) is 3.56. The largest absolute Gasteiger partial charge is 0.497 e. The first kappa shape index (κ1) is 22.9. The van der Waals surface area contributed by atoms with Crippen LogP contribution in [-0.4, -0.2) is 52.0 Å². The van der Waals surface area contributed by atoms with Gasteiger partial charge in [-0.3, -0.25) is 4.79 Å². The van der Waals surface area contributed by atoms with Crippen LogP contribution in [0, 0.1) is 0 Å². The monoisotopic (exact) mass is 447 g/mol. The van der Waals surface area contributed by atoms with Crippen LogP contribution in [0.15, 0.2) is 48.5 Å². The van der Waals surface area contributed by atoms with Crippen molar-refractivity contribution in [2.24, 2.45) is 0 Å². The smallest absolute Gasteiger partial charge is 0.304 e. The third-order valence-corrected chi connectivity index (χ3v) is 6.90. The molecule has 0 aromatic heterocycles. The molecule has 168 valence electrons. The minimum absolute atomic E-state index is 0.322. The zero-order chi connectivity index (χ0) is 22.8. The lowest BCUT2D eigenvalue weighted by molar-refractivity contribution is -0.120. The number of rotatable bonds is 7. The first-order chi connectivity index (χ1) is 14.5. The molecular formula is C22H29N3O5S. The summed E-state index contributed by atoms with van der Waals surface area (Å²) in [6, 6.07) is 13.7. The lowest BCUT2D eigenvalue weighted by Gasteiger charge is -2.38. The lowest BCUT2D eigenvalue weighted by Crippen LogP contribution is -2.48. The highest BCUT2D eigenvalue weighted by atomic mass is 32.2. The van der Waals surface area contributed by atoms with E-state index in [9.17, 15) is 13.2 Å². The Morgan fingerprint density at radius 3 is 2.48 bits per heavy atom. The van der Waals surface area contributed by atoms with Crippen LogP contribution < -0.4 is 19.1 Å². The number of amides is 1. The van der Waals surface area contributed by atoms with Crippen molar-refractivity contribution in [1.82, 2.24) is 9.62 Å². The summed E-state index contributed by atoms with van der Waals surface area (Å²) in [5.41, 5.74) is 0.741. The summed E-state index contributed by atoms with van der Waals surface area (Å²) in [5, 5.41) is 3.00. The number of carbonyl (C=O) groups is 1. The molecule has 0 bridgehead atoms. The Morgan fingerprint density at radius 1 is 1.19 bits per heavy atom. The second-order valence-corrected chi connectivity index (χ2v) is 10.3. The summed E-state index contributed by atoms with van der Waals surface area (Å²) in [6.07, 6.45) is 0.545. The van der Waals surface area contributed by atoms with E-state index in [0.29, 0.717) is 23.6 Å². The van der Waals surface area contributed by atoms with E-state index in [0.717, 1.165) is 14.2 Å². The predicted molar refractivity (Wildman–Crippen MR) is 120 cm³/mol. The van der Waals surface area contributed by atoms with E-state index in [1.54, 1.807) is 43.5 Å². The third kappa shape index (κ3) is 5.11. The molecule has 1 aliphatic rings. The summed E-state index contributed by atoms with van der Waals surface area (Å²) in [5.74, 6) is 0.898. The summed E-state index contributed by atoms with van der Waals surface area (Å²) in [4.78, 5) is 13.0. The number of carbonyl (C=O) groups excluding carboxylic acids is 1. The minimum atomic E-state index is -3.86. The first-order valence-electron chi connectivity index (χ1n) is 9.95. The molecule has 8 nitrogen and oxygen atoms in total. The van der Waals surface area contributed by atoms with Crippen LogP contribution in [0.4, 0.5) is 5.69 Å². The molecule has 31 heavy (non-hydrogen) atoms. The van der Waals surface area contributed by atoms with Gasteiger partial charge < -0.3 is 14.8 Å². The zero-order valence-electron chi connectivity index (χ0n) is 18.5. The van der Waals surface area contributed by atoms with E-state index < -0.39 is 21.7 Å². The average molecular weight is 448 g/mol. The average Bonchev–Trinajstić information content (AvgIpc) is 2.71. The van der Waals surface area contributed by atoms with Gasteiger partial charge in [-0.1, -0.05) is 18.2 Å². The summed E-state index contributed by atoms with van der Waals surface area (Å²) >= 11 is 0. The van der Waals surface area contributed by atoms with Crippen molar-refractivity contribution < 1.29 is 22.7 Å². The summed E-state index contributed by atoms with van der Waals surface area (Å²) in [6.45, 7) is 3.55. The Balaban J connectivity index is 1.86. The molecule has 3 rings (SSSR count). The molecule has 1 atom stereocenters. The van der Waals surface area contributed by atoms with E-state index in [-0.39, 0.29) is 12.6 Å². The van der Waals surface area contributed by atoms with Gasteiger partial charge in [-0.25, -0.2) is 4.31 Å². The van der Waals surface area contributed by atoms with Crippen LogP contribution in [-0.2, 0) is 15.0 Å². The number of ether oxygens (including phenoxy) is 2. The first-order valence-corrected chi connectivity index (χ1v) is 11.3. The highest BCUT2D eigenvalue weighted by Gasteiger charge is 2.36. The molecule has 1 N–H and O–H groups in total. The Labute approximate surface area is 183 Å². The molecule has 0 radical (unpaired) electrons. The van der Waals surface area contributed by atoms with Crippen molar-refractivity contribution >= 4 is 21.8 Å². The highest BCUT2D eigenvalue weighted by molar-refractivity contribution is 7.90. The molecule has 0 fully saturated rings. The molecule has 0 saturated carbocycles. The van der Waals surface area contributed by atoms with Gasteiger partial charge in [0.05, 0.1) is 18.8 Å². The molecule has 0 unspecified atom stereocenters. The minimum Gasteiger partial charge on any atom is -0.497 e. The third-order valence-electron chi connectivity index (χ3n) is 5.08. The van der Waals surface area contributed by atoms with Crippen molar-refractivity contribution in [3.8, 4) is 11.5 Å². The fourth-order valence-corrected chi connectivity index (χ4v) is 4.62. The van der Waals surface area contributed by atoms with E-state index in [1.165, 1.54) is 14.1 Å². The van der Waals surface area contributed by atoms with Gasteiger partial charge in [0.2, 0.25) is 5.91 Å². The van der Waals surface area contributed by atoms with Crippen LogP contribution in [0.2, 0.25) is 0 Å². The fraction of sp³-hybridized carbons (Fsp3) is 0.409. The van der Waals surface area contributed by atoms with Crippen molar-refractivity contribution in [2.45, 2.75) is 31.9 Å². The summed E-state index contributed by atoms with van der Waals surface area (Å²) in [7, 11) is 0.603. The highest BCUT2D eigenvalue weighted by Crippen LogP contribution is 2.41. The predicted octanol–water partition coefficient (Wildman–Crippen LogP) is 2.73. The Hall–Kier alpha value is -2.78. The van der Waals surface area contributed by atoms with E-state index in [4.69, 9.17) is 9.47 Å². The van der Waals surface area contributed by atoms with Gasteiger partial charge in [0.25, 0.3) is 0 Å². The maximum absolute atomic E-state index is 13.0. The number of nitrogens with zero attached hydrogens (tertiary/aromatic N) is 2. The number of hydrogen-bond donors (Lipinski definition) is 1. The van der Waals surface area contributed by atoms with Gasteiger partial charge in [0.1, 0.15) is 23.6 Å². The zero-order valence-corrected chi connectivity index (χ0v) is 19.3. The van der Waals surface area contributed by atoms with Crippen molar-refractivity contribution in [3.63, 3.8) is 0 Å². The van der Waals surface area contributed by atoms with Crippen LogP contribution in [0.25, 0.3) is 0 Å². The number of anilines is 1. The Morgan fingerprint density at radius 2 is 1.87 bits per heavy atom. The number of para-hydroxylation sites is 1. The number of hydrogen-bond acceptors (Lipinski definition) is 5. The van der Waals surface area contributed by atoms with Crippen LogP contribution >= 0.6 is 0 Å². The SMILES string of the molecule is COc1ccc2c(c1)OC(C)(C)C[C@H]2NC(=O)CN(c1ccccc1)S(=O)(=O)N(C)C. The molecule has 2 aromatic rings. The van der Waals surface area contributed by atoms with Crippen LogP contribution in [0.1, 0.15) is 31.9 Å². The molecule has 2 aromatic carbocycles. The van der Waals surface area contributed by atoms with Crippen molar-refractivity contribution in [1.29, 1.82) is 0 Å². The summed E-state index contributed by atoms with van der Waals surface area (Å²) < 4.78 is 39.3. The molecule has 1 heterocycles. The standard InChI is InChI=1S/C22H29N3O5S/c1-22(2)14-19(18-12-11-17(29-5)13-20(18)30-22)23-21(26)15-25(31(27,28)24(3)4)16-9-7-6-8-10-16/h6-13,19H,14-15H2,1-5H3,(H,23,26)/t19-/m1/s1. The van der Waals surface area contributed by atoms with Gasteiger partial charge in [-0.05, 0) is 38.1 Å². The van der Waals surface area contributed by atoms with Gasteiger partial charge in [0.15, 0.2) is 0 Å². The van der Waals surface area contributed by atoms with Gasteiger partial charge in [-0.15, -0.1) is 0 Å². The Kier molecular flexibility index (Phi) is 6.47. The number of nitrogens with one attached hydrogen (secondary N) is 1. The maximum atomic E-state index is 13.0. The molecule has 1 amide bonds. The second-order valence-electron chi connectivity index (χ2n) is 8.22. The van der Waals surface area contributed by atoms with Crippen molar-refractivity contribution in [3.05, 3.63) is 54.1 Å². The molecule has 0 spiro atoms. The van der Waals surface area contributed by atoms with Gasteiger partial charge in [-0.2, -0.15) is 12.7 Å². The number of benzene rings is 2. The van der Waals surface area contributed by atoms with Crippen molar-refractivity contribution in [2.75, 3.05) is 32.1 Å². The normalized spacial score (nSPS) is 17.4.